The van der Waals surface area contributed by atoms with Gasteiger partial charge in [-0.1, -0.05) is 26.0 Å². The van der Waals surface area contributed by atoms with E-state index in [1.165, 1.54) is 11.1 Å². The van der Waals surface area contributed by atoms with E-state index in [4.69, 9.17) is 0 Å². The minimum atomic E-state index is 0.0377. The molecule has 1 heterocycles. The van der Waals surface area contributed by atoms with E-state index in [9.17, 15) is 4.79 Å². The summed E-state index contributed by atoms with van der Waals surface area (Å²) in [6, 6.07) is 6.58. The van der Waals surface area contributed by atoms with Gasteiger partial charge >= 0.3 is 0 Å². The van der Waals surface area contributed by atoms with Gasteiger partial charge in [0.25, 0.3) is 0 Å². The lowest BCUT2D eigenvalue weighted by atomic mass is 9.94. The second-order valence-electron chi connectivity index (χ2n) is 5.51. The summed E-state index contributed by atoms with van der Waals surface area (Å²) < 4.78 is 0. The smallest absolute Gasteiger partial charge is 0.239 e. The van der Waals surface area contributed by atoms with Crippen molar-refractivity contribution in [2.45, 2.75) is 44.8 Å². The molecule has 2 nitrogen and oxygen atoms in total. The lowest BCUT2D eigenvalue weighted by Crippen LogP contribution is -2.40. The molecule has 19 heavy (non-hydrogen) atoms. The highest BCUT2D eigenvalue weighted by Crippen LogP contribution is 2.31. The molecule has 0 N–H and O–H groups in total. The number of carbonyl (C=O) groups is 1. The summed E-state index contributed by atoms with van der Waals surface area (Å²) in [5, 5.41) is 0.0377. The number of rotatable bonds is 3. The van der Waals surface area contributed by atoms with Crippen LogP contribution in [0.15, 0.2) is 18.2 Å². The highest BCUT2D eigenvalue weighted by molar-refractivity contribution is 7.99. The molecule has 1 aromatic carbocycles. The zero-order valence-corrected chi connectivity index (χ0v) is 13.1. The Hall–Kier alpha value is -0.960. The summed E-state index contributed by atoms with van der Waals surface area (Å²) in [7, 11) is 0. The first-order chi connectivity index (χ1) is 9.04. The number of anilines is 1. The van der Waals surface area contributed by atoms with E-state index in [0.29, 0.717) is 5.92 Å². The van der Waals surface area contributed by atoms with Crippen LogP contribution in [0, 0.1) is 0 Å². The van der Waals surface area contributed by atoms with Gasteiger partial charge < -0.3 is 4.90 Å². The van der Waals surface area contributed by atoms with Crippen molar-refractivity contribution < 1.29 is 4.79 Å². The van der Waals surface area contributed by atoms with E-state index >= 15 is 0 Å². The van der Waals surface area contributed by atoms with Gasteiger partial charge in [0.1, 0.15) is 0 Å². The van der Waals surface area contributed by atoms with Crippen LogP contribution in [0.4, 0.5) is 5.69 Å². The highest BCUT2D eigenvalue weighted by atomic mass is 32.2. The average molecular weight is 277 g/mol. The molecule has 3 heteroatoms. The van der Waals surface area contributed by atoms with Crippen molar-refractivity contribution in [3.8, 4) is 0 Å². The van der Waals surface area contributed by atoms with Crippen LogP contribution in [-0.2, 0) is 11.2 Å². The lowest BCUT2D eigenvalue weighted by molar-refractivity contribution is -0.117. The molecule has 0 aliphatic carbocycles. The summed E-state index contributed by atoms with van der Waals surface area (Å²) >= 11 is 1.62. The molecule has 0 radical (unpaired) electrons. The molecule has 0 spiro atoms. The van der Waals surface area contributed by atoms with Crippen molar-refractivity contribution in [2.24, 2.45) is 0 Å². The first-order valence-electron chi connectivity index (χ1n) is 7.01. The Kier molecular flexibility index (Phi) is 4.56. The van der Waals surface area contributed by atoms with Crippen molar-refractivity contribution in [1.82, 2.24) is 0 Å². The third-order valence-electron chi connectivity index (χ3n) is 3.86. The van der Waals surface area contributed by atoms with Gasteiger partial charge in [-0.15, -0.1) is 0 Å². The van der Waals surface area contributed by atoms with Crippen LogP contribution >= 0.6 is 11.8 Å². The number of thioether (sulfide) groups is 1. The molecular weight excluding hydrogens is 254 g/mol. The molecule has 1 aliphatic rings. The first kappa shape index (κ1) is 14.4. The topological polar surface area (TPSA) is 20.3 Å². The summed E-state index contributed by atoms with van der Waals surface area (Å²) in [6.45, 7) is 7.27. The second kappa shape index (κ2) is 6.00. The van der Waals surface area contributed by atoms with Gasteiger partial charge in [0.2, 0.25) is 5.91 Å². The van der Waals surface area contributed by atoms with Crippen LogP contribution in [0.5, 0.6) is 0 Å². The Balaban J connectivity index is 2.32. The van der Waals surface area contributed by atoms with E-state index in [1.807, 2.05) is 18.1 Å². The molecule has 104 valence electrons. The maximum atomic E-state index is 12.4. The van der Waals surface area contributed by atoms with Gasteiger partial charge in [0, 0.05) is 12.2 Å². The van der Waals surface area contributed by atoms with Gasteiger partial charge in [-0.2, -0.15) is 11.8 Å². The van der Waals surface area contributed by atoms with E-state index in [-0.39, 0.29) is 11.2 Å². The van der Waals surface area contributed by atoms with Gasteiger partial charge in [0.15, 0.2) is 0 Å². The molecule has 1 aliphatic heterocycles. The zero-order valence-electron chi connectivity index (χ0n) is 12.3. The highest BCUT2D eigenvalue weighted by Gasteiger charge is 2.26. The molecule has 1 unspecified atom stereocenters. The number of amides is 1. The Labute approximate surface area is 120 Å². The quantitative estimate of drug-likeness (QED) is 0.836. The first-order valence-corrected chi connectivity index (χ1v) is 8.30. The number of hydrogen-bond acceptors (Lipinski definition) is 2. The molecule has 1 aromatic rings. The third-order valence-corrected chi connectivity index (χ3v) is 4.76. The van der Waals surface area contributed by atoms with E-state index in [1.54, 1.807) is 11.8 Å². The Bertz CT molecular complexity index is 470. The monoisotopic (exact) mass is 277 g/mol. The lowest BCUT2D eigenvalue weighted by Gasteiger charge is -2.31. The number of carbonyl (C=O) groups excluding carboxylic acids is 1. The van der Waals surface area contributed by atoms with E-state index in [2.05, 4.69) is 32.0 Å². The standard InChI is InChI=1S/C16H23NOS/c1-11(2)13-7-8-15-14(10-13)6-5-9-17(15)16(18)12(3)19-4/h7-8,10-12H,5-6,9H2,1-4H3. The normalized spacial score (nSPS) is 16.4. The molecule has 0 fully saturated rings. The van der Waals surface area contributed by atoms with Crippen LogP contribution in [0.3, 0.4) is 0 Å². The van der Waals surface area contributed by atoms with Crippen LogP contribution in [0.1, 0.15) is 44.2 Å². The van der Waals surface area contributed by atoms with Crippen LogP contribution in [0.2, 0.25) is 0 Å². The molecule has 2 rings (SSSR count). The Morgan fingerprint density at radius 1 is 1.32 bits per heavy atom. The third kappa shape index (κ3) is 2.97. The molecule has 0 saturated heterocycles. The van der Waals surface area contributed by atoms with Crippen molar-refractivity contribution in [3.63, 3.8) is 0 Å². The fourth-order valence-electron chi connectivity index (χ4n) is 2.53. The summed E-state index contributed by atoms with van der Waals surface area (Å²) in [5.74, 6) is 0.784. The fraction of sp³-hybridized carbons (Fsp3) is 0.562. The Morgan fingerprint density at radius 2 is 2.05 bits per heavy atom. The summed E-state index contributed by atoms with van der Waals surface area (Å²) in [4.78, 5) is 14.4. The van der Waals surface area contributed by atoms with Crippen molar-refractivity contribution in [3.05, 3.63) is 29.3 Å². The SMILES string of the molecule is CSC(C)C(=O)N1CCCc2cc(C(C)C)ccc21. The van der Waals surface area contributed by atoms with Gasteiger partial charge in [-0.25, -0.2) is 0 Å². The van der Waals surface area contributed by atoms with Gasteiger partial charge in [-0.3, -0.25) is 4.79 Å². The molecule has 1 atom stereocenters. The van der Waals surface area contributed by atoms with Crippen LogP contribution in [-0.4, -0.2) is 24.0 Å². The second-order valence-corrected chi connectivity index (χ2v) is 6.69. The van der Waals surface area contributed by atoms with Crippen LogP contribution in [0.25, 0.3) is 0 Å². The predicted octanol–water partition coefficient (Wildman–Crippen LogP) is 3.84. The summed E-state index contributed by atoms with van der Waals surface area (Å²) in [6.07, 6.45) is 4.16. The maximum Gasteiger partial charge on any atom is 0.239 e. The number of fused-ring (bicyclic) bond motifs is 1. The largest absolute Gasteiger partial charge is 0.311 e. The number of benzene rings is 1. The van der Waals surface area contributed by atoms with Gasteiger partial charge in [0.05, 0.1) is 5.25 Å². The van der Waals surface area contributed by atoms with E-state index in [0.717, 1.165) is 25.1 Å². The molecular formula is C16H23NOS. The molecule has 1 amide bonds. The number of aryl methyl sites for hydroxylation is 1. The minimum Gasteiger partial charge on any atom is -0.311 e. The summed E-state index contributed by atoms with van der Waals surface area (Å²) in [5.41, 5.74) is 3.83. The predicted molar refractivity (Wildman–Crippen MR) is 84.2 cm³/mol. The number of hydrogen-bond donors (Lipinski definition) is 0. The fourth-order valence-corrected chi connectivity index (χ4v) is 2.85. The van der Waals surface area contributed by atoms with E-state index < -0.39 is 0 Å². The number of nitrogens with zero attached hydrogens (tertiary/aromatic N) is 1. The minimum absolute atomic E-state index is 0.0377. The van der Waals surface area contributed by atoms with Gasteiger partial charge in [-0.05, 0) is 49.1 Å². The van der Waals surface area contributed by atoms with Crippen molar-refractivity contribution in [2.75, 3.05) is 17.7 Å². The average Bonchev–Trinajstić information content (AvgIpc) is 2.44. The molecule has 0 bridgehead atoms. The Morgan fingerprint density at radius 3 is 2.68 bits per heavy atom. The molecule has 0 saturated carbocycles. The molecule has 0 aromatic heterocycles. The zero-order chi connectivity index (χ0) is 14.0. The van der Waals surface area contributed by atoms with Crippen LogP contribution < -0.4 is 4.90 Å². The maximum absolute atomic E-state index is 12.4. The van der Waals surface area contributed by atoms with Crippen molar-refractivity contribution in [1.29, 1.82) is 0 Å². The van der Waals surface area contributed by atoms with Crippen molar-refractivity contribution >= 4 is 23.4 Å².